The molecule has 1 N–H and O–H groups in total. The molecule has 0 bridgehead atoms. The lowest BCUT2D eigenvalue weighted by Gasteiger charge is -2.12. The van der Waals surface area contributed by atoms with Crippen molar-refractivity contribution in [3.8, 4) is 34.8 Å². The smallest absolute Gasteiger partial charge is 0.297 e. The Bertz CT molecular complexity index is 1240. The summed E-state index contributed by atoms with van der Waals surface area (Å²) >= 11 is 0. The van der Waals surface area contributed by atoms with Gasteiger partial charge >= 0.3 is 0 Å². The van der Waals surface area contributed by atoms with Crippen molar-refractivity contribution in [3.63, 3.8) is 0 Å². The van der Waals surface area contributed by atoms with E-state index < -0.39 is 0 Å². The van der Waals surface area contributed by atoms with Crippen LogP contribution in [0.25, 0.3) is 22.3 Å². The van der Waals surface area contributed by atoms with Crippen LogP contribution in [-0.2, 0) is 6.54 Å². The molecule has 0 saturated carbocycles. The monoisotopic (exact) mass is 384 g/mol. The molecule has 0 unspecified atom stereocenters. The Morgan fingerprint density at radius 1 is 1.21 bits per heavy atom. The van der Waals surface area contributed by atoms with E-state index in [1.165, 1.54) is 0 Å². The summed E-state index contributed by atoms with van der Waals surface area (Å²) < 4.78 is 13.7. The SMILES string of the molecule is N#Cc1ccc2c(c1)nc1n2C[C@@H](COc2ccc(-c3ccccc3O)nc2)O1. The number of imidazole rings is 1. The van der Waals surface area contributed by atoms with Crippen LogP contribution in [0.2, 0.25) is 0 Å². The zero-order valence-electron chi connectivity index (χ0n) is 15.3. The fraction of sp³-hybridized carbons (Fsp3) is 0.136. The Morgan fingerprint density at radius 2 is 2.10 bits per heavy atom. The largest absolute Gasteiger partial charge is 0.507 e. The van der Waals surface area contributed by atoms with E-state index in [0.717, 1.165) is 11.0 Å². The third-order valence-corrected chi connectivity index (χ3v) is 4.85. The fourth-order valence-electron chi connectivity index (χ4n) is 3.42. The molecule has 1 aliphatic rings. The van der Waals surface area contributed by atoms with Crippen LogP contribution in [0, 0.1) is 11.3 Å². The van der Waals surface area contributed by atoms with Gasteiger partial charge < -0.3 is 14.6 Å². The number of rotatable bonds is 4. The highest BCUT2D eigenvalue weighted by Gasteiger charge is 2.27. The van der Waals surface area contributed by atoms with E-state index in [2.05, 4.69) is 16.0 Å². The summed E-state index contributed by atoms with van der Waals surface area (Å²) in [6.07, 6.45) is 1.48. The number of benzene rings is 2. The number of pyridine rings is 1. The van der Waals surface area contributed by atoms with Crippen LogP contribution in [0.1, 0.15) is 5.56 Å². The number of aromatic nitrogens is 3. The van der Waals surface area contributed by atoms with Crippen molar-refractivity contribution in [1.82, 2.24) is 14.5 Å². The maximum absolute atomic E-state index is 9.94. The second-order valence-corrected chi connectivity index (χ2v) is 6.77. The number of aromatic hydroxyl groups is 1. The maximum atomic E-state index is 9.94. The van der Waals surface area contributed by atoms with Gasteiger partial charge in [-0.25, -0.2) is 0 Å². The lowest BCUT2D eigenvalue weighted by molar-refractivity contribution is 0.143. The minimum absolute atomic E-state index is 0.157. The highest BCUT2D eigenvalue weighted by Crippen LogP contribution is 2.30. The molecule has 0 spiro atoms. The number of phenols is 1. The van der Waals surface area contributed by atoms with Gasteiger partial charge in [0, 0.05) is 5.56 Å². The Hall–Kier alpha value is -4.05. The summed E-state index contributed by atoms with van der Waals surface area (Å²) in [5.41, 5.74) is 3.62. The topological polar surface area (TPSA) is 93.2 Å². The van der Waals surface area contributed by atoms with Crippen molar-refractivity contribution in [3.05, 3.63) is 66.4 Å². The minimum atomic E-state index is -0.157. The molecule has 1 aliphatic heterocycles. The molecular weight excluding hydrogens is 368 g/mol. The third-order valence-electron chi connectivity index (χ3n) is 4.85. The number of para-hydroxylation sites is 1. The van der Waals surface area contributed by atoms with Gasteiger partial charge in [-0.15, -0.1) is 0 Å². The van der Waals surface area contributed by atoms with Crippen molar-refractivity contribution < 1.29 is 14.6 Å². The number of nitriles is 1. The summed E-state index contributed by atoms with van der Waals surface area (Å²) in [7, 11) is 0. The van der Waals surface area contributed by atoms with Gasteiger partial charge in [0.15, 0.2) is 6.10 Å². The molecule has 2 aromatic carbocycles. The summed E-state index contributed by atoms with van der Waals surface area (Å²) in [4.78, 5) is 8.83. The molecule has 2 aromatic heterocycles. The highest BCUT2D eigenvalue weighted by molar-refractivity contribution is 5.78. The van der Waals surface area contributed by atoms with Gasteiger partial charge in [-0.3, -0.25) is 9.55 Å². The molecule has 0 amide bonds. The first-order chi connectivity index (χ1) is 14.2. The zero-order chi connectivity index (χ0) is 19.8. The Kier molecular flexibility index (Phi) is 4.03. The first kappa shape index (κ1) is 17.1. The standard InChI is InChI=1S/C22H16N4O3/c23-10-14-5-8-20-19(9-14)25-22-26(20)12-16(29-22)13-28-15-6-7-18(24-11-15)17-3-1-2-4-21(17)27/h1-9,11,16,27H,12-13H2/t16-/m0/s1. The average molecular weight is 384 g/mol. The molecular formula is C22H16N4O3. The van der Waals surface area contributed by atoms with Gasteiger partial charge in [0.2, 0.25) is 0 Å². The molecule has 4 aromatic rings. The molecule has 0 aliphatic carbocycles. The summed E-state index contributed by atoms with van der Waals surface area (Å²) in [5.74, 6) is 0.817. The lowest BCUT2D eigenvalue weighted by Crippen LogP contribution is -2.23. The molecule has 7 heteroatoms. The van der Waals surface area contributed by atoms with Crippen molar-refractivity contribution in [2.45, 2.75) is 12.6 Å². The summed E-state index contributed by atoms with van der Waals surface area (Å²) in [6, 6.07) is 18.8. The second kappa shape index (κ2) is 6.84. The predicted molar refractivity (Wildman–Crippen MR) is 106 cm³/mol. The number of nitrogens with zero attached hydrogens (tertiary/aromatic N) is 4. The van der Waals surface area contributed by atoms with Gasteiger partial charge in [0.05, 0.1) is 41.1 Å². The highest BCUT2D eigenvalue weighted by atomic mass is 16.6. The average Bonchev–Trinajstić information content (AvgIpc) is 3.30. The lowest BCUT2D eigenvalue weighted by atomic mass is 10.1. The quantitative estimate of drug-likeness (QED) is 0.579. The van der Waals surface area contributed by atoms with E-state index in [0.29, 0.717) is 41.7 Å². The Morgan fingerprint density at radius 3 is 2.90 bits per heavy atom. The first-order valence-corrected chi connectivity index (χ1v) is 9.15. The van der Waals surface area contributed by atoms with Crippen LogP contribution < -0.4 is 9.47 Å². The normalized spacial score (nSPS) is 14.9. The van der Waals surface area contributed by atoms with E-state index in [4.69, 9.17) is 14.7 Å². The van der Waals surface area contributed by atoms with E-state index in [-0.39, 0.29) is 11.9 Å². The van der Waals surface area contributed by atoms with E-state index in [1.807, 2.05) is 34.9 Å². The number of hydrogen-bond donors (Lipinski definition) is 1. The predicted octanol–water partition coefficient (Wildman–Crippen LogP) is 3.52. The van der Waals surface area contributed by atoms with Gasteiger partial charge in [-0.2, -0.15) is 10.2 Å². The molecule has 7 nitrogen and oxygen atoms in total. The number of phenolic OH excluding ortho intramolecular Hbond substituents is 1. The Balaban J connectivity index is 1.25. The van der Waals surface area contributed by atoms with Gasteiger partial charge in [0.25, 0.3) is 6.01 Å². The second-order valence-electron chi connectivity index (χ2n) is 6.77. The van der Waals surface area contributed by atoms with Crippen molar-refractivity contribution >= 4 is 11.0 Å². The molecule has 29 heavy (non-hydrogen) atoms. The van der Waals surface area contributed by atoms with Crippen LogP contribution in [0.5, 0.6) is 17.5 Å². The van der Waals surface area contributed by atoms with Crippen molar-refractivity contribution in [2.75, 3.05) is 6.61 Å². The molecule has 0 radical (unpaired) electrons. The van der Waals surface area contributed by atoms with Gasteiger partial charge in [-0.05, 0) is 42.5 Å². The molecule has 0 saturated heterocycles. The summed E-state index contributed by atoms with van der Waals surface area (Å²) in [5, 5.41) is 18.9. The molecule has 5 rings (SSSR count). The summed E-state index contributed by atoms with van der Waals surface area (Å²) in [6.45, 7) is 0.986. The van der Waals surface area contributed by atoms with E-state index in [9.17, 15) is 5.11 Å². The van der Waals surface area contributed by atoms with Crippen LogP contribution in [-0.4, -0.2) is 32.4 Å². The van der Waals surface area contributed by atoms with Crippen LogP contribution in [0.3, 0.4) is 0 Å². The number of hydrogen-bond acceptors (Lipinski definition) is 6. The molecule has 1 atom stereocenters. The number of ether oxygens (including phenoxy) is 2. The van der Waals surface area contributed by atoms with Gasteiger partial charge in [0.1, 0.15) is 18.1 Å². The first-order valence-electron chi connectivity index (χ1n) is 9.15. The van der Waals surface area contributed by atoms with E-state index >= 15 is 0 Å². The fourth-order valence-corrected chi connectivity index (χ4v) is 3.42. The van der Waals surface area contributed by atoms with Gasteiger partial charge in [-0.1, -0.05) is 12.1 Å². The van der Waals surface area contributed by atoms with E-state index in [1.54, 1.807) is 30.5 Å². The molecule has 0 fully saturated rings. The zero-order valence-corrected chi connectivity index (χ0v) is 15.3. The minimum Gasteiger partial charge on any atom is -0.507 e. The van der Waals surface area contributed by atoms with Crippen molar-refractivity contribution in [1.29, 1.82) is 5.26 Å². The Labute approximate surface area is 166 Å². The maximum Gasteiger partial charge on any atom is 0.297 e. The van der Waals surface area contributed by atoms with Crippen LogP contribution >= 0.6 is 0 Å². The third kappa shape index (κ3) is 3.11. The molecule has 142 valence electrons. The van der Waals surface area contributed by atoms with Crippen LogP contribution in [0.4, 0.5) is 0 Å². The molecule has 3 heterocycles. The number of fused-ring (bicyclic) bond motifs is 3. The van der Waals surface area contributed by atoms with Crippen molar-refractivity contribution in [2.24, 2.45) is 0 Å². The van der Waals surface area contributed by atoms with Crippen LogP contribution in [0.15, 0.2) is 60.8 Å².